The van der Waals surface area contributed by atoms with Crippen LogP contribution in [0, 0.1) is 0 Å². The average Bonchev–Trinajstić information content (AvgIpc) is 3.48. The van der Waals surface area contributed by atoms with Crippen molar-refractivity contribution in [2.45, 2.75) is 17.4 Å². The van der Waals surface area contributed by atoms with Crippen molar-refractivity contribution < 1.29 is 13.2 Å². The summed E-state index contributed by atoms with van der Waals surface area (Å²) in [6, 6.07) is 16.1. The molecular formula is C21H18N4O3S2. The summed E-state index contributed by atoms with van der Waals surface area (Å²) in [5.41, 5.74) is 1.72. The SMILES string of the molecule is O=C1C(n2ccc3ccccc32)CCN1c1ccc(S(=O)(=O)Nc2nccs2)cc1. The number of carbonyl (C=O) groups is 1. The van der Waals surface area contributed by atoms with Gasteiger partial charge in [-0.3, -0.25) is 9.52 Å². The molecule has 1 amide bonds. The van der Waals surface area contributed by atoms with Gasteiger partial charge in [0.05, 0.1) is 4.90 Å². The second-order valence-electron chi connectivity index (χ2n) is 7.01. The third kappa shape index (κ3) is 3.25. The van der Waals surface area contributed by atoms with E-state index in [1.807, 2.05) is 41.1 Å². The molecule has 1 atom stereocenters. The summed E-state index contributed by atoms with van der Waals surface area (Å²) in [5.74, 6) is 0.00729. The van der Waals surface area contributed by atoms with E-state index in [0.29, 0.717) is 23.8 Å². The van der Waals surface area contributed by atoms with Crippen molar-refractivity contribution in [1.82, 2.24) is 9.55 Å². The van der Waals surface area contributed by atoms with Gasteiger partial charge in [0, 0.05) is 35.5 Å². The van der Waals surface area contributed by atoms with Crippen LogP contribution in [0.1, 0.15) is 12.5 Å². The van der Waals surface area contributed by atoms with Crippen molar-refractivity contribution in [3.63, 3.8) is 0 Å². The Bertz CT molecular complexity index is 1310. The number of anilines is 2. The van der Waals surface area contributed by atoms with Crippen molar-refractivity contribution in [3.8, 4) is 0 Å². The van der Waals surface area contributed by atoms with Gasteiger partial charge in [-0.1, -0.05) is 18.2 Å². The molecule has 1 aliphatic heterocycles. The molecule has 9 heteroatoms. The van der Waals surface area contributed by atoms with Gasteiger partial charge in [-0.15, -0.1) is 11.3 Å². The Balaban J connectivity index is 1.37. The van der Waals surface area contributed by atoms with E-state index in [0.717, 1.165) is 10.9 Å². The molecule has 1 unspecified atom stereocenters. The molecular weight excluding hydrogens is 420 g/mol. The lowest BCUT2D eigenvalue weighted by Crippen LogP contribution is -2.28. The highest BCUT2D eigenvalue weighted by molar-refractivity contribution is 7.93. The highest BCUT2D eigenvalue weighted by atomic mass is 32.2. The number of carbonyl (C=O) groups excluding carboxylic acids is 1. The van der Waals surface area contributed by atoms with E-state index in [2.05, 4.69) is 9.71 Å². The Labute approximate surface area is 177 Å². The van der Waals surface area contributed by atoms with E-state index in [-0.39, 0.29) is 16.8 Å². The molecule has 1 N–H and O–H groups in total. The second-order valence-corrected chi connectivity index (χ2v) is 9.59. The number of hydrogen-bond acceptors (Lipinski definition) is 5. The van der Waals surface area contributed by atoms with Gasteiger partial charge in [-0.05, 0) is 48.2 Å². The third-order valence-corrected chi connectivity index (χ3v) is 7.43. The Kier molecular flexibility index (Phi) is 4.56. The van der Waals surface area contributed by atoms with Crippen LogP contribution in [-0.2, 0) is 14.8 Å². The van der Waals surface area contributed by atoms with Gasteiger partial charge in [-0.25, -0.2) is 13.4 Å². The number of thiazole rings is 1. The van der Waals surface area contributed by atoms with Gasteiger partial charge in [0.15, 0.2) is 5.13 Å². The molecule has 5 rings (SSSR count). The fourth-order valence-electron chi connectivity index (χ4n) is 3.81. The van der Waals surface area contributed by atoms with Gasteiger partial charge >= 0.3 is 0 Å². The number of nitrogens with zero attached hydrogens (tertiary/aromatic N) is 3. The van der Waals surface area contributed by atoms with Crippen molar-refractivity contribution in [3.05, 3.63) is 72.4 Å². The summed E-state index contributed by atoms with van der Waals surface area (Å²) in [4.78, 5) is 18.9. The normalized spacial score (nSPS) is 17.0. The molecule has 2 aromatic carbocycles. The van der Waals surface area contributed by atoms with Gasteiger partial charge < -0.3 is 9.47 Å². The predicted octanol–water partition coefficient (Wildman–Crippen LogP) is 3.88. The van der Waals surface area contributed by atoms with Gasteiger partial charge in [-0.2, -0.15) is 0 Å². The molecule has 0 radical (unpaired) electrons. The molecule has 0 aliphatic carbocycles. The van der Waals surface area contributed by atoms with E-state index in [1.165, 1.54) is 29.7 Å². The quantitative estimate of drug-likeness (QED) is 0.513. The molecule has 1 saturated heterocycles. The van der Waals surface area contributed by atoms with Gasteiger partial charge in [0.2, 0.25) is 5.91 Å². The molecule has 30 heavy (non-hydrogen) atoms. The smallest absolute Gasteiger partial charge is 0.263 e. The molecule has 0 saturated carbocycles. The third-order valence-electron chi connectivity index (χ3n) is 5.26. The number of para-hydroxylation sites is 1. The van der Waals surface area contributed by atoms with Crippen molar-refractivity contribution in [1.29, 1.82) is 0 Å². The lowest BCUT2D eigenvalue weighted by molar-refractivity contribution is -0.119. The summed E-state index contributed by atoms with van der Waals surface area (Å²) < 4.78 is 29.5. The van der Waals surface area contributed by atoms with Crippen LogP contribution < -0.4 is 9.62 Å². The minimum absolute atomic E-state index is 0.00729. The number of fused-ring (bicyclic) bond motifs is 1. The first kappa shape index (κ1) is 18.8. The van der Waals surface area contributed by atoms with Crippen LogP contribution in [0.5, 0.6) is 0 Å². The van der Waals surface area contributed by atoms with Crippen LogP contribution in [0.2, 0.25) is 0 Å². The highest BCUT2D eigenvalue weighted by Gasteiger charge is 2.34. The fraction of sp³-hybridized carbons (Fsp3) is 0.143. The number of aromatic nitrogens is 2. The Morgan fingerprint density at radius 3 is 2.63 bits per heavy atom. The minimum Gasteiger partial charge on any atom is -0.335 e. The van der Waals surface area contributed by atoms with Crippen LogP contribution >= 0.6 is 11.3 Å². The van der Waals surface area contributed by atoms with Crippen molar-refractivity contribution in [2.75, 3.05) is 16.2 Å². The molecule has 4 aromatic rings. The Morgan fingerprint density at radius 1 is 1.07 bits per heavy atom. The Hall–Kier alpha value is -3.17. The zero-order valence-corrected chi connectivity index (χ0v) is 17.4. The molecule has 2 aromatic heterocycles. The molecule has 0 spiro atoms. The van der Waals surface area contributed by atoms with Crippen molar-refractivity contribution in [2.24, 2.45) is 0 Å². The largest absolute Gasteiger partial charge is 0.335 e. The average molecular weight is 439 g/mol. The molecule has 152 valence electrons. The zero-order valence-electron chi connectivity index (χ0n) is 15.8. The van der Waals surface area contributed by atoms with Crippen molar-refractivity contribution >= 4 is 49.0 Å². The topological polar surface area (TPSA) is 84.3 Å². The first-order chi connectivity index (χ1) is 14.5. The number of nitrogens with one attached hydrogen (secondary N) is 1. The number of rotatable bonds is 5. The van der Waals surface area contributed by atoms with E-state index >= 15 is 0 Å². The Morgan fingerprint density at radius 2 is 1.87 bits per heavy atom. The van der Waals surface area contributed by atoms with E-state index < -0.39 is 10.0 Å². The molecule has 7 nitrogen and oxygen atoms in total. The minimum atomic E-state index is -3.72. The first-order valence-corrected chi connectivity index (χ1v) is 11.8. The lowest BCUT2D eigenvalue weighted by atomic mass is 10.2. The number of sulfonamides is 1. The number of benzene rings is 2. The van der Waals surface area contributed by atoms with Gasteiger partial charge in [0.1, 0.15) is 6.04 Å². The van der Waals surface area contributed by atoms with E-state index in [1.54, 1.807) is 22.4 Å². The van der Waals surface area contributed by atoms with Crippen LogP contribution in [0.3, 0.4) is 0 Å². The second kappa shape index (κ2) is 7.26. The molecule has 3 heterocycles. The summed E-state index contributed by atoms with van der Waals surface area (Å²) in [7, 11) is -3.72. The van der Waals surface area contributed by atoms with Crippen LogP contribution in [0.15, 0.2) is 77.3 Å². The lowest BCUT2D eigenvalue weighted by Gasteiger charge is -2.18. The van der Waals surface area contributed by atoms with Crippen LogP contribution in [0.25, 0.3) is 10.9 Å². The van der Waals surface area contributed by atoms with Crippen LogP contribution in [0.4, 0.5) is 10.8 Å². The summed E-state index contributed by atoms with van der Waals surface area (Å²) in [5, 5.41) is 3.12. The number of amides is 1. The first-order valence-electron chi connectivity index (χ1n) is 9.42. The maximum atomic E-state index is 13.1. The van der Waals surface area contributed by atoms with Crippen LogP contribution in [-0.4, -0.2) is 30.4 Å². The van der Waals surface area contributed by atoms with E-state index in [9.17, 15) is 13.2 Å². The fourth-order valence-corrected chi connectivity index (χ4v) is 5.60. The zero-order chi connectivity index (χ0) is 20.7. The monoisotopic (exact) mass is 438 g/mol. The molecule has 1 aliphatic rings. The standard InChI is InChI=1S/C21H18N4O3S2/c26-20-19(25-12-9-15-3-1-2-4-18(15)25)10-13-24(20)16-5-7-17(8-6-16)30(27,28)23-21-22-11-14-29-21/h1-9,11-12,14,19H,10,13H2,(H,22,23). The summed E-state index contributed by atoms with van der Waals surface area (Å²) >= 11 is 1.21. The summed E-state index contributed by atoms with van der Waals surface area (Å²) in [6.45, 7) is 0.583. The molecule has 0 bridgehead atoms. The summed E-state index contributed by atoms with van der Waals surface area (Å²) in [6.07, 6.45) is 4.19. The van der Waals surface area contributed by atoms with E-state index in [4.69, 9.17) is 0 Å². The highest BCUT2D eigenvalue weighted by Crippen LogP contribution is 2.32. The number of hydrogen-bond donors (Lipinski definition) is 1. The predicted molar refractivity (Wildman–Crippen MR) is 117 cm³/mol. The van der Waals surface area contributed by atoms with Gasteiger partial charge in [0.25, 0.3) is 10.0 Å². The maximum Gasteiger partial charge on any atom is 0.263 e. The molecule has 1 fully saturated rings. The maximum absolute atomic E-state index is 13.1.